The molecule has 4 unspecified atom stereocenters. The Bertz CT molecular complexity index is 3230. The van der Waals surface area contributed by atoms with Crippen LogP contribution in [-0.4, -0.2) is 207 Å². The lowest BCUT2D eigenvalue weighted by Crippen LogP contribution is -2.54. The van der Waals surface area contributed by atoms with Crippen LogP contribution >= 0.6 is 19.1 Å². The maximum Gasteiger partial charge on any atom is 0.410 e. The Morgan fingerprint density at radius 3 is 2.01 bits per heavy atom. The largest absolute Gasteiger partial charge is 0.445 e. The zero-order valence-corrected chi connectivity index (χ0v) is 64.7. The van der Waals surface area contributed by atoms with Gasteiger partial charge in [-0.25, -0.2) is 4.79 Å². The second-order valence-corrected chi connectivity index (χ2v) is 33.0. The molecule has 14 atom stereocenters. The molecule has 28 heteroatoms. The molecule has 2 fully saturated rings. The molecule has 2 saturated heterocycles. The zero-order chi connectivity index (χ0) is 77.2. The van der Waals surface area contributed by atoms with E-state index >= 15 is 0 Å². The van der Waals surface area contributed by atoms with Gasteiger partial charge >= 0.3 is 6.09 Å². The number of benzene rings is 2. The van der Waals surface area contributed by atoms with Gasteiger partial charge in [-0.15, -0.1) is 11.8 Å². The fraction of sp³-hybridized carbons (Fsp3) is 0.680. The Balaban J connectivity index is 1.37. The molecule has 2 aromatic rings. The van der Waals surface area contributed by atoms with Gasteiger partial charge in [-0.05, 0) is 78.5 Å². The molecule has 576 valence electrons. The number of nitrogens with zero attached hydrogens (tertiary/aromatic N) is 4. The summed E-state index contributed by atoms with van der Waals surface area (Å²) in [5.74, 6) is -9.08. The second kappa shape index (κ2) is 42.9. The Morgan fingerprint density at radius 1 is 0.777 bits per heavy atom. The van der Waals surface area contributed by atoms with Crippen LogP contribution in [0.25, 0.3) is 0 Å². The van der Waals surface area contributed by atoms with Crippen molar-refractivity contribution in [3.8, 4) is 0 Å². The van der Waals surface area contributed by atoms with Crippen molar-refractivity contribution in [2.24, 2.45) is 59.0 Å². The molecule has 0 aliphatic carbocycles. The molecular formula is C75H117N8O18PS. The van der Waals surface area contributed by atoms with Gasteiger partial charge in [-0.1, -0.05) is 125 Å². The van der Waals surface area contributed by atoms with Crippen molar-refractivity contribution in [3.05, 3.63) is 65.7 Å². The third-order valence-corrected chi connectivity index (χ3v) is 23.8. The van der Waals surface area contributed by atoms with E-state index in [9.17, 15) is 77.2 Å². The van der Waals surface area contributed by atoms with Crippen molar-refractivity contribution in [2.45, 2.75) is 207 Å². The molecule has 2 aliphatic heterocycles. The fourth-order valence-corrected chi connectivity index (χ4v) is 17.0. The van der Waals surface area contributed by atoms with Crippen LogP contribution in [0.15, 0.2) is 54.6 Å². The molecular weight excluding hydrogens is 1360 g/mol. The topological polar surface area (TPSA) is 376 Å². The number of aliphatic hydroxyl groups excluding tert-OH is 2. The van der Waals surface area contributed by atoms with Crippen molar-refractivity contribution in [1.29, 1.82) is 0 Å². The Kier molecular flexibility index (Phi) is 36.9. The van der Waals surface area contributed by atoms with Gasteiger partial charge in [0.25, 0.3) is 0 Å². The summed E-state index contributed by atoms with van der Waals surface area (Å²) in [6.45, 7) is 17.9. The highest BCUT2D eigenvalue weighted by atomic mass is 32.2. The molecule has 0 aromatic heterocycles. The van der Waals surface area contributed by atoms with Crippen LogP contribution in [0.2, 0.25) is 0 Å². The van der Waals surface area contributed by atoms with Crippen molar-refractivity contribution < 1.29 is 86.7 Å². The number of primary amides is 1. The number of ketones is 3. The summed E-state index contributed by atoms with van der Waals surface area (Å²) in [7, 11) is 2.39. The summed E-state index contributed by atoms with van der Waals surface area (Å²) in [6.07, 6.45) is -1.13. The zero-order valence-electron chi connectivity index (χ0n) is 63.0. The molecule has 0 bridgehead atoms. The number of nitrogens with two attached hydrogens (primary N) is 1. The third kappa shape index (κ3) is 26.9. The maximum absolute atomic E-state index is 14.9. The van der Waals surface area contributed by atoms with E-state index < -0.39 is 126 Å². The molecule has 103 heavy (non-hydrogen) atoms. The van der Waals surface area contributed by atoms with E-state index in [0.29, 0.717) is 55.5 Å². The molecule has 8 N–H and O–H groups in total. The van der Waals surface area contributed by atoms with E-state index in [1.54, 1.807) is 75.7 Å². The van der Waals surface area contributed by atoms with Gasteiger partial charge in [-0.2, -0.15) is 0 Å². The fourth-order valence-electron chi connectivity index (χ4n) is 13.8. The van der Waals surface area contributed by atoms with Gasteiger partial charge < -0.3 is 61.0 Å². The number of amides is 9. The van der Waals surface area contributed by atoms with Crippen LogP contribution in [0.5, 0.6) is 0 Å². The first-order valence-electron chi connectivity index (χ1n) is 36.4. The van der Waals surface area contributed by atoms with Crippen LogP contribution in [-0.2, 0) is 73.4 Å². The summed E-state index contributed by atoms with van der Waals surface area (Å²) in [4.78, 5) is 178. The van der Waals surface area contributed by atoms with E-state index in [2.05, 4.69) is 16.0 Å². The summed E-state index contributed by atoms with van der Waals surface area (Å²) >= 11 is 1.06. The SMILES string of the molecule is CCC(C)[C@@H](C(CC(=O)N1CCC[C@H]1[C@H](CO)[C@@H](C)C(=O)C[C@H](C)[C@@H](O)c1ccccc1)OC)N(C)C(=O)[C@@H](CC(=O)[C@H](C(C)C)N(C)C(=O)OCc1ccc(NC(=O)[C@H](CCCCC(N)=O)NC(=O)[C@H](CC(=O)CCN2C(=O)CC(SCCP(=O)(O)CCC(=O)NC)C2=O)C(C)C)cc1)C(C)C. The van der Waals surface area contributed by atoms with Crippen molar-refractivity contribution in [3.63, 3.8) is 0 Å². The lowest BCUT2D eigenvalue weighted by Gasteiger charge is -2.41. The first-order chi connectivity index (χ1) is 48.5. The minimum atomic E-state index is -3.65. The van der Waals surface area contributed by atoms with Crippen LogP contribution in [0, 0.1) is 53.3 Å². The summed E-state index contributed by atoms with van der Waals surface area (Å²) in [5.41, 5.74) is 6.92. The number of hydrogen-bond donors (Lipinski definition) is 7. The highest BCUT2D eigenvalue weighted by Crippen LogP contribution is 2.43. The van der Waals surface area contributed by atoms with Gasteiger partial charge in [0.05, 0.1) is 36.0 Å². The number of anilines is 1. The van der Waals surface area contributed by atoms with Gasteiger partial charge in [-0.3, -0.25) is 62.2 Å². The minimum absolute atomic E-state index is 0.0440. The lowest BCUT2D eigenvalue weighted by molar-refractivity contribution is -0.148. The highest BCUT2D eigenvalue weighted by molar-refractivity contribution is 8.01. The van der Waals surface area contributed by atoms with Gasteiger partial charge in [0.15, 0.2) is 5.78 Å². The smallest absolute Gasteiger partial charge is 0.410 e. The Morgan fingerprint density at radius 2 is 1.43 bits per heavy atom. The minimum Gasteiger partial charge on any atom is -0.445 e. The van der Waals surface area contributed by atoms with Crippen LogP contribution in [0.1, 0.15) is 176 Å². The number of nitrogens with one attached hydrogen (secondary N) is 3. The van der Waals surface area contributed by atoms with Crippen LogP contribution < -0.4 is 21.7 Å². The average molecular weight is 1480 g/mol. The number of rotatable bonds is 46. The quantitative estimate of drug-likeness (QED) is 0.0189. The van der Waals surface area contributed by atoms with E-state index in [0.717, 1.165) is 16.7 Å². The number of Topliss-reactive ketones (excluding diaryl/α,β-unsaturated/α-hetero) is 3. The van der Waals surface area contributed by atoms with Crippen molar-refractivity contribution in [2.75, 3.05) is 71.3 Å². The Hall–Kier alpha value is -6.90. The van der Waals surface area contributed by atoms with E-state index in [4.69, 9.17) is 15.2 Å². The molecule has 26 nitrogen and oxygen atoms in total. The molecule has 9 amide bonds. The molecule has 0 spiro atoms. The standard InChI is InChI=1S/C75H117N8O18PS/c1-15-48(8)69(62(100-14)41-66(90)82-33-21-25-59(82)57(43-84)50(10)60(86)38-49(9)70(92)52-22-17-16-18-23-52)80(12)73(95)56(46(4)5)40-61(87)68(47(6)7)81(13)75(97)101-44-51-27-29-53(30-28-51)78-72(94)58(24-19-20-26-64(76)88)79-71(93)55(45(2)3)39-54(85)31-34-83-67(91)42-63(74(83)96)103-37-36-102(98,99)35-32-65(89)77-11/h16-18,22-23,27-30,45-50,55-59,62-63,68-70,84,92H,15,19-21,24-26,31-44H2,1-14H3,(H2,76,88)(H,77,89)(H,78,94)(H,79,93)(H,98,99)/t48?,49-,50+,55+,56-,57+,58-,59-,62?,63?,68-,69-,70+/m0/s1. The average Bonchev–Trinajstić information content (AvgIpc) is 1.80. The van der Waals surface area contributed by atoms with E-state index in [1.807, 2.05) is 65.0 Å². The third-order valence-electron chi connectivity index (χ3n) is 20.5. The van der Waals surface area contributed by atoms with E-state index in [1.165, 1.54) is 26.1 Å². The maximum atomic E-state index is 14.9. The number of hydrogen-bond acceptors (Lipinski definition) is 18. The molecule has 0 radical (unpaired) electrons. The van der Waals surface area contributed by atoms with Crippen LogP contribution in [0.3, 0.4) is 0 Å². The first kappa shape index (κ1) is 88.5. The summed E-state index contributed by atoms with van der Waals surface area (Å²) in [6, 6.07) is 12.3. The monoisotopic (exact) mass is 1480 g/mol. The molecule has 2 aliphatic rings. The Labute approximate surface area is 613 Å². The number of imide groups is 1. The number of carbonyl (C=O) groups is 12. The number of unbranched alkanes of at least 4 members (excludes halogenated alkanes) is 1. The molecule has 2 aromatic carbocycles. The first-order valence-corrected chi connectivity index (χ1v) is 39.5. The van der Waals surface area contributed by atoms with Crippen LogP contribution in [0.4, 0.5) is 10.5 Å². The number of likely N-dealkylation sites (N-methyl/N-ethyl adjacent to an activating group) is 2. The van der Waals surface area contributed by atoms with Gasteiger partial charge in [0.1, 0.15) is 24.2 Å². The van der Waals surface area contributed by atoms with Crippen molar-refractivity contribution in [1.82, 2.24) is 30.2 Å². The number of ether oxygens (including phenoxy) is 2. The number of methoxy groups -OCH3 is 1. The predicted octanol–water partition coefficient (Wildman–Crippen LogP) is 7.71. The highest BCUT2D eigenvalue weighted by Gasteiger charge is 2.45. The number of aliphatic hydroxyl groups is 2. The number of likely N-dealkylation sites (tertiary alicyclic amines) is 2. The van der Waals surface area contributed by atoms with E-state index in [-0.39, 0.29) is 143 Å². The number of carbonyl (C=O) groups excluding carboxylic acids is 12. The predicted molar refractivity (Wildman–Crippen MR) is 394 cm³/mol. The lowest BCUT2D eigenvalue weighted by atomic mass is 9.80. The normalized spacial score (nSPS) is 18.5. The summed E-state index contributed by atoms with van der Waals surface area (Å²) in [5, 5.41) is 29.0. The molecule has 4 rings (SSSR count). The molecule has 2 heterocycles. The van der Waals surface area contributed by atoms with Crippen molar-refractivity contribution >= 4 is 95.5 Å². The summed E-state index contributed by atoms with van der Waals surface area (Å²) < 4.78 is 24.4. The van der Waals surface area contributed by atoms with Gasteiger partial charge in [0, 0.05) is 146 Å². The van der Waals surface area contributed by atoms with Gasteiger partial charge in [0.2, 0.25) is 54.6 Å². The molecule has 0 saturated carbocycles. The number of thioether (sulfide) groups is 1. The second-order valence-electron chi connectivity index (χ2n) is 29.1.